The number of benzene rings is 1. The second kappa shape index (κ2) is 7.18. The molecule has 5 heteroatoms. The van der Waals surface area contributed by atoms with Crippen LogP contribution in [0.2, 0.25) is 5.02 Å². The lowest BCUT2D eigenvalue weighted by molar-refractivity contribution is 0.525. The van der Waals surface area contributed by atoms with E-state index in [1.54, 1.807) is 17.4 Å². The number of halogens is 2. The van der Waals surface area contributed by atoms with Crippen LogP contribution in [-0.2, 0) is 19.3 Å². The number of rotatable bonds is 6. The summed E-state index contributed by atoms with van der Waals surface area (Å²) in [6, 6.07) is 8.85. The summed E-state index contributed by atoms with van der Waals surface area (Å²) in [6.45, 7) is 2.15. The fourth-order valence-electron chi connectivity index (χ4n) is 2.11. The third-order valence-corrected chi connectivity index (χ3v) is 4.83. The Balaban J connectivity index is 2.04. The molecule has 1 aromatic heterocycles. The zero-order valence-corrected chi connectivity index (χ0v) is 12.9. The maximum absolute atomic E-state index is 13.0. The second-order valence-electron chi connectivity index (χ2n) is 4.73. The first-order valence-electron chi connectivity index (χ1n) is 6.60. The van der Waals surface area contributed by atoms with Crippen LogP contribution in [0.5, 0.6) is 0 Å². The zero-order chi connectivity index (χ0) is 14.5. The van der Waals surface area contributed by atoms with E-state index in [0.717, 1.165) is 18.4 Å². The van der Waals surface area contributed by atoms with Crippen molar-refractivity contribution in [1.29, 1.82) is 0 Å². The molecule has 0 saturated heterocycles. The van der Waals surface area contributed by atoms with Crippen LogP contribution in [0.1, 0.15) is 22.2 Å². The molecule has 0 aliphatic rings. The van der Waals surface area contributed by atoms with Gasteiger partial charge in [-0.1, -0.05) is 24.6 Å². The van der Waals surface area contributed by atoms with Gasteiger partial charge >= 0.3 is 0 Å². The molecule has 20 heavy (non-hydrogen) atoms. The van der Waals surface area contributed by atoms with Crippen LogP contribution in [-0.4, -0.2) is 6.04 Å². The molecule has 0 aliphatic heterocycles. The number of nitrogens with two attached hydrogens (primary N) is 1. The number of nitrogens with one attached hydrogen (secondary N) is 1. The van der Waals surface area contributed by atoms with Crippen molar-refractivity contribution in [3.05, 3.63) is 56.5 Å². The van der Waals surface area contributed by atoms with E-state index >= 15 is 0 Å². The molecular formula is C15H18ClFN2S. The van der Waals surface area contributed by atoms with Gasteiger partial charge in [-0.15, -0.1) is 11.3 Å². The summed E-state index contributed by atoms with van der Waals surface area (Å²) in [5.41, 5.74) is 3.73. The van der Waals surface area contributed by atoms with Crippen LogP contribution >= 0.6 is 22.9 Å². The predicted octanol–water partition coefficient (Wildman–Crippen LogP) is 3.72. The van der Waals surface area contributed by atoms with Gasteiger partial charge in [-0.25, -0.2) is 4.39 Å². The van der Waals surface area contributed by atoms with Gasteiger partial charge in [-0.3, -0.25) is 11.3 Å². The molecule has 1 heterocycles. The summed E-state index contributed by atoms with van der Waals surface area (Å²) in [4.78, 5) is 2.67. The summed E-state index contributed by atoms with van der Waals surface area (Å²) in [5.74, 6) is 5.31. The molecule has 3 N–H and O–H groups in total. The molecule has 1 aromatic carbocycles. The third kappa shape index (κ3) is 4.03. The Hall–Kier alpha value is -0.940. The van der Waals surface area contributed by atoms with Crippen molar-refractivity contribution >= 4 is 22.9 Å². The van der Waals surface area contributed by atoms with Crippen molar-refractivity contribution in [3.63, 3.8) is 0 Å². The van der Waals surface area contributed by atoms with Crippen molar-refractivity contribution in [2.75, 3.05) is 0 Å². The highest BCUT2D eigenvalue weighted by Crippen LogP contribution is 2.22. The Morgan fingerprint density at radius 1 is 1.25 bits per heavy atom. The molecule has 0 bridgehead atoms. The van der Waals surface area contributed by atoms with E-state index in [4.69, 9.17) is 17.4 Å². The van der Waals surface area contributed by atoms with E-state index in [2.05, 4.69) is 24.5 Å². The number of hydrogen-bond acceptors (Lipinski definition) is 3. The monoisotopic (exact) mass is 312 g/mol. The Kier molecular flexibility index (Phi) is 5.54. The van der Waals surface area contributed by atoms with Crippen LogP contribution < -0.4 is 11.3 Å². The van der Waals surface area contributed by atoms with Crippen molar-refractivity contribution in [2.45, 2.75) is 32.2 Å². The number of aryl methyl sites for hydroxylation is 1. The van der Waals surface area contributed by atoms with E-state index in [0.29, 0.717) is 11.4 Å². The lowest BCUT2D eigenvalue weighted by Gasteiger charge is -2.16. The van der Waals surface area contributed by atoms with Gasteiger partial charge in [0.25, 0.3) is 0 Å². The lowest BCUT2D eigenvalue weighted by atomic mass is 10.0. The Morgan fingerprint density at radius 3 is 2.60 bits per heavy atom. The number of hydrogen-bond donors (Lipinski definition) is 2. The summed E-state index contributed by atoms with van der Waals surface area (Å²) in [6.07, 6.45) is 2.57. The number of thiophene rings is 1. The minimum absolute atomic E-state index is 0.0846. The molecular weight excluding hydrogens is 295 g/mol. The first-order valence-corrected chi connectivity index (χ1v) is 7.79. The zero-order valence-electron chi connectivity index (χ0n) is 11.3. The van der Waals surface area contributed by atoms with E-state index in [1.165, 1.54) is 21.9 Å². The van der Waals surface area contributed by atoms with Gasteiger partial charge in [0, 0.05) is 20.8 Å². The van der Waals surface area contributed by atoms with Crippen LogP contribution in [0.15, 0.2) is 30.3 Å². The SMILES string of the molecule is CCc1ccc(CC(Cc2ccc(F)cc2Cl)NN)s1. The molecule has 2 nitrogen and oxygen atoms in total. The van der Waals surface area contributed by atoms with Crippen molar-refractivity contribution in [1.82, 2.24) is 5.43 Å². The van der Waals surface area contributed by atoms with Gasteiger partial charge in [0.2, 0.25) is 0 Å². The van der Waals surface area contributed by atoms with Gasteiger partial charge in [0.15, 0.2) is 0 Å². The summed E-state index contributed by atoms with van der Waals surface area (Å²) < 4.78 is 13.0. The average Bonchev–Trinajstić information content (AvgIpc) is 2.88. The lowest BCUT2D eigenvalue weighted by Crippen LogP contribution is -2.38. The normalized spacial score (nSPS) is 12.6. The van der Waals surface area contributed by atoms with Crippen molar-refractivity contribution in [2.24, 2.45) is 5.84 Å². The highest BCUT2D eigenvalue weighted by atomic mass is 35.5. The molecule has 0 aliphatic carbocycles. The van der Waals surface area contributed by atoms with E-state index < -0.39 is 0 Å². The molecule has 0 saturated carbocycles. The second-order valence-corrected chi connectivity index (χ2v) is 6.39. The van der Waals surface area contributed by atoms with E-state index in [9.17, 15) is 4.39 Å². The minimum Gasteiger partial charge on any atom is -0.271 e. The summed E-state index contributed by atoms with van der Waals surface area (Å²) in [7, 11) is 0. The van der Waals surface area contributed by atoms with E-state index in [1.807, 2.05) is 0 Å². The highest BCUT2D eigenvalue weighted by molar-refractivity contribution is 7.11. The number of hydrazine groups is 1. The van der Waals surface area contributed by atoms with Gasteiger partial charge in [-0.05, 0) is 49.1 Å². The molecule has 1 atom stereocenters. The minimum atomic E-state index is -0.318. The van der Waals surface area contributed by atoms with Crippen molar-refractivity contribution in [3.8, 4) is 0 Å². The van der Waals surface area contributed by atoms with Crippen molar-refractivity contribution < 1.29 is 4.39 Å². The largest absolute Gasteiger partial charge is 0.271 e. The predicted molar refractivity (Wildman–Crippen MR) is 83.6 cm³/mol. The summed E-state index contributed by atoms with van der Waals surface area (Å²) >= 11 is 7.86. The fraction of sp³-hybridized carbons (Fsp3) is 0.333. The molecule has 0 spiro atoms. The first-order chi connectivity index (χ1) is 9.62. The topological polar surface area (TPSA) is 38.0 Å². The van der Waals surface area contributed by atoms with Crippen LogP contribution in [0.25, 0.3) is 0 Å². The van der Waals surface area contributed by atoms with Gasteiger partial charge < -0.3 is 0 Å². The van der Waals surface area contributed by atoms with Gasteiger partial charge in [0.05, 0.1) is 0 Å². The van der Waals surface area contributed by atoms with Gasteiger partial charge in [0.1, 0.15) is 5.82 Å². The Bertz CT molecular complexity index is 571. The molecule has 0 radical (unpaired) electrons. The van der Waals surface area contributed by atoms with E-state index in [-0.39, 0.29) is 11.9 Å². The van der Waals surface area contributed by atoms with Crippen LogP contribution in [0, 0.1) is 5.82 Å². The van der Waals surface area contributed by atoms with Gasteiger partial charge in [-0.2, -0.15) is 0 Å². The summed E-state index contributed by atoms with van der Waals surface area (Å²) in [5, 5.41) is 0.450. The average molecular weight is 313 g/mol. The maximum Gasteiger partial charge on any atom is 0.124 e. The maximum atomic E-state index is 13.0. The third-order valence-electron chi connectivity index (χ3n) is 3.23. The standard InChI is InChI=1S/C15H18ClFN2S/c1-2-13-5-6-14(20-13)9-12(19-18)7-10-3-4-11(17)8-15(10)16/h3-6,8,12,19H,2,7,9,18H2,1H3. The molecule has 108 valence electrons. The quantitative estimate of drug-likeness (QED) is 0.630. The van der Waals surface area contributed by atoms with Crippen LogP contribution in [0.4, 0.5) is 4.39 Å². The Morgan fingerprint density at radius 2 is 2.00 bits per heavy atom. The fourth-order valence-corrected chi connectivity index (χ4v) is 3.39. The smallest absolute Gasteiger partial charge is 0.124 e. The molecule has 0 amide bonds. The molecule has 0 fully saturated rings. The first kappa shape index (κ1) is 15.4. The van der Waals surface area contributed by atoms with Crippen LogP contribution in [0.3, 0.4) is 0 Å². The molecule has 2 rings (SSSR count). The molecule has 2 aromatic rings. The molecule has 1 unspecified atom stereocenters. The Labute approximate surface area is 127 Å². The highest BCUT2D eigenvalue weighted by Gasteiger charge is 2.13.